The molecule has 0 aromatic heterocycles. The van der Waals surface area contributed by atoms with E-state index in [1.54, 1.807) is 53.7 Å². The molecular weight excluding hydrogens is 373 g/mol. The Morgan fingerprint density at radius 2 is 1.83 bits per heavy atom. The van der Waals surface area contributed by atoms with Crippen molar-refractivity contribution in [3.8, 4) is 0 Å². The standard InChI is InChI=1S/C22H26FN3O3/c1-15-9-11-25(12-10-15)22(28)26(19-7-8-20(23)16(2)13-19)14-17-3-5-18(6-4-17)21(27)24-29/h3-8,13,15,29H,9-12,14H2,1-2H3,(H,24,27). The highest BCUT2D eigenvalue weighted by Gasteiger charge is 2.26. The van der Waals surface area contributed by atoms with Crippen LogP contribution < -0.4 is 10.4 Å². The lowest BCUT2D eigenvalue weighted by atomic mass is 9.99. The first-order valence-corrected chi connectivity index (χ1v) is 9.75. The summed E-state index contributed by atoms with van der Waals surface area (Å²) >= 11 is 0. The Hall–Kier alpha value is -2.93. The summed E-state index contributed by atoms with van der Waals surface area (Å²) in [5, 5.41) is 8.75. The van der Waals surface area contributed by atoms with Gasteiger partial charge in [0.15, 0.2) is 0 Å². The molecule has 2 aromatic carbocycles. The number of hydrogen-bond donors (Lipinski definition) is 2. The summed E-state index contributed by atoms with van der Waals surface area (Å²) in [7, 11) is 0. The van der Waals surface area contributed by atoms with Gasteiger partial charge in [0.05, 0.1) is 6.54 Å². The van der Waals surface area contributed by atoms with Gasteiger partial charge >= 0.3 is 6.03 Å². The second-order valence-corrected chi connectivity index (χ2v) is 7.61. The second-order valence-electron chi connectivity index (χ2n) is 7.61. The molecular formula is C22H26FN3O3. The number of amides is 3. The lowest BCUT2D eigenvalue weighted by Gasteiger charge is -2.35. The summed E-state index contributed by atoms with van der Waals surface area (Å²) in [4.78, 5) is 28.3. The first-order valence-electron chi connectivity index (χ1n) is 9.75. The molecule has 6 nitrogen and oxygen atoms in total. The van der Waals surface area contributed by atoms with Gasteiger partial charge in [0.1, 0.15) is 5.82 Å². The highest BCUT2D eigenvalue weighted by atomic mass is 19.1. The molecule has 0 saturated carbocycles. The minimum absolute atomic E-state index is 0.111. The van der Waals surface area contributed by atoms with Gasteiger partial charge in [-0.25, -0.2) is 14.7 Å². The van der Waals surface area contributed by atoms with Crippen molar-refractivity contribution in [1.82, 2.24) is 10.4 Å². The predicted octanol–water partition coefficient (Wildman–Crippen LogP) is 4.11. The maximum absolute atomic E-state index is 13.8. The van der Waals surface area contributed by atoms with Crippen molar-refractivity contribution < 1.29 is 19.2 Å². The molecule has 29 heavy (non-hydrogen) atoms. The molecule has 3 amide bonds. The van der Waals surface area contributed by atoms with Crippen LogP contribution >= 0.6 is 0 Å². The lowest BCUT2D eigenvalue weighted by Crippen LogP contribution is -2.46. The minimum Gasteiger partial charge on any atom is -0.324 e. The largest absolute Gasteiger partial charge is 0.324 e. The molecule has 0 atom stereocenters. The highest BCUT2D eigenvalue weighted by Crippen LogP contribution is 2.25. The normalized spacial score (nSPS) is 14.6. The molecule has 0 bridgehead atoms. The average Bonchev–Trinajstić information content (AvgIpc) is 2.74. The fraction of sp³-hybridized carbons (Fsp3) is 0.364. The number of urea groups is 1. The Balaban J connectivity index is 1.87. The Kier molecular flexibility index (Phi) is 6.49. The summed E-state index contributed by atoms with van der Waals surface area (Å²) in [6.45, 7) is 5.55. The van der Waals surface area contributed by atoms with Crippen LogP contribution in [0.1, 0.15) is 41.3 Å². The third kappa shape index (κ3) is 4.92. The van der Waals surface area contributed by atoms with Gasteiger partial charge < -0.3 is 4.90 Å². The number of anilines is 1. The molecule has 1 aliphatic rings. The third-order valence-corrected chi connectivity index (χ3v) is 5.40. The minimum atomic E-state index is -0.596. The Bertz CT molecular complexity index is 877. The van der Waals surface area contributed by atoms with Gasteiger partial charge in [-0.2, -0.15) is 0 Å². The lowest BCUT2D eigenvalue weighted by molar-refractivity contribution is 0.0706. The Morgan fingerprint density at radius 3 is 2.41 bits per heavy atom. The van der Waals surface area contributed by atoms with E-state index in [-0.39, 0.29) is 18.4 Å². The molecule has 2 N–H and O–H groups in total. The fourth-order valence-electron chi connectivity index (χ4n) is 3.45. The summed E-state index contributed by atoms with van der Waals surface area (Å²) in [6.07, 6.45) is 1.93. The predicted molar refractivity (Wildman–Crippen MR) is 108 cm³/mol. The van der Waals surface area contributed by atoms with Crippen molar-refractivity contribution in [2.45, 2.75) is 33.2 Å². The quantitative estimate of drug-likeness (QED) is 0.600. The zero-order valence-electron chi connectivity index (χ0n) is 16.7. The summed E-state index contributed by atoms with van der Waals surface area (Å²) < 4.78 is 13.8. The maximum Gasteiger partial charge on any atom is 0.324 e. The number of carbonyl (C=O) groups excluding carboxylic acids is 2. The third-order valence-electron chi connectivity index (χ3n) is 5.40. The molecule has 154 valence electrons. The van der Waals surface area contributed by atoms with Crippen LogP contribution in [0.15, 0.2) is 42.5 Å². The van der Waals surface area contributed by atoms with E-state index in [0.29, 0.717) is 35.8 Å². The number of hydroxylamine groups is 1. The number of rotatable bonds is 4. The van der Waals surface area contributed by atoms with Gasteiger partial charge in [0, 0.05) is 24.3 Å². The highest BCUT2D eigenvalue weighted by molar-refractivity contribution is 5.94. The van der Waals surface area contributed by atoms with Gasteiger partial charge in [-0.15, -0.1) is 0 Å². The number of likely N-dealkylation sites (tertiary alicyclic amines) is 1. The van der Waals surface area contributed by atoms with E-state index in [9.17, 15) is 14.0 Å². The average molecular weight is 399 g/mol. The topological polar surface area (TPSA) is 72.9 Å². The summed E-state index contributed by atoms with van der Waals surface area (Å²) in [6, 6.07) is 11.2. The van der Waals surface area contributed by atoms with Crippen molar-refractivity contribution in [3.63, 3.8) is 0 Å². The number of halogens is 1. The molecule has 2 aromatic rings. The van der Waals surface area contributed by atoms with Gasteiger partial charge in [-0.3, -0.25) is 14.9 Å². The summed E-state index contributed by atoms with van der Waals surface area (Å²) in [5.41, 5.74) is 3.84. The van der Waals surface area contributed by atoms with Crippen molar-refractivity contribution in [2.75, 3.05) is 18.0 Å². The van der Waals surface area contributed by atoms with E-state index >= 15 is 0 Å². The van der Waals surface area contributed by atoms with Crippen LogP contribution in [-0.2, 0) is 6.54 Å². The molecule has 0 spiro atoms. The number of hydrogen-bond acceptors (Lipinski definition) is 3. The van der Waals surface area contributed by atoms with Crippen LogP contribution in [0.2, 0.25) is 0 Å². The van der Waals surface area contributed by atoms with E-state index in [0.717, 1.165) is 18.4 Å². The van der Waals surface area contributed by atoms with Crippen molar-refractivity contribution >= 4 is 17.6 Å². The fourth-order valence-corrected chi connectivity index (χ4v) is 3.45. The molecule has 7 heteroatoms. The second kappa shape index (κ2) is 9.05. The van der Waals surface area contributed by atoms with Gasteiger partial charge in [0.2, 0.25) is 0 Å². The number of nitrogens with one attached hydrogen (secondary N) is 1. The van der Waals surface area contributed by atoms with Crippen molar-refractivity contribution in [2.24, 2.45) is 5.92 Å². The van der Waals surface area contributed by atoms with Crippen LogP contribution in [-0.4, -0.2) is 35.1 Å². The molecule has 1 saturated heterocycles. The van der Waals surface area contributed by atoms with Crippen LogP contribution in [0, 0.1) is 18.7 Å². The number of carbonyl (C=O) groups is 2. The molecule has 1 fully saturated rings. The number of nitrogens with zero attached hydrogens (tertiary/aromatic N) is 2. The molecule has 0 aliphatic carbocycles. The molecule has 1 heterocycles. The molecule has 3 rings (SSSR count). The zero-order valence-corrected chi connectivity index (χ0v) is 16.7. The van der Waals surface area contributed by atoms with Crippen LogP contribution in [0.25, 0.3) is 0 Å². The van der Waals surface area contributed by atoms with Crippen LogP contribution in [0.4, 0.5) is 14.9 Å². The van der Waals surface area contributed by atoms with Crippen molar-refractivity contribution in [1.29, 1.82) is 0 Å². The molecule has 0 unspecified atom stereocenters. The molecule has 0 radical (unpaired) electrons. The van der Waals surface area contributed by atoms with Gasteiger partial charge in [-0.05, 0) is 67.1 Å². The Morgan fingerprint density at radius 1 is 1.17 bits per heavy atom. The number of aryl methyl sites for hydroxylation is 1. The van der Waals surface area contributed by atoms with E-state index in [1.165, 1.54) is 6.07 Å². The monoisotopic (exact) mass is 399 g/mol. The van der Waals surface area contributed by atoms with E-state index in [1.807, 2.05) is 4.90 Å². The number of benzene rings is 2. The van der Waals surface area contributed by atoms with Crippen molar-refractivity contribution in [3.05, 3.63) is 65.0 Å². The first-order chi connectivity index (χ1) is 13.9. The van der Waals surface area contributed by atoms with Crippen LogP contribution in [0.5, 0.6) is 0 Å². The van der Waals surface area contributed by atoms with E-state index < -0.39 is 5.91 Å². The first kappa shape index (κ1) is 20.8. The summed E-state index contributed by atoms with van der Waals surface area (Å²) in [5.74, 6) is -0.306. The SMILES string of the molecule is Cc1cc(N(Cc2ccc(C(=O)NO)cc2)C(=O)N2CCC(C)CC2)ccc1F. The maximum atomic E-state index is 13.8. The van der Waals surface area contributed by atoms with Crippen LogP contribution in [0.3, 0.4) is 0 Å². The zero-order chi connectivity index (χ0) is 21.0. The smallest absolute Gasteiger partial charge is 0.324 e. The number of piperidine rings is 1. The molecule has 1 aliphatic heterocycles. The van der Waals surface area contributed by atoms with Gasteiger partial charge in [0.25, 0.3) is 5.91 Å². The van der Waals surface area contributed by atoms with E-state index in [4.69, 9.17) is 5.21 Å². The Labute approximate surface area is 169 Å². The van der Waals surface area contributed by atoms with E-state index in [2.05, 4.69) is 6.92 Å². The van der Waals surface area contributed by atoms with Gasteiger partial charge in [-0.1, -0.05) is 19.1 Å².